The van der Waals surface area contributed by atoms with E-state index in [-0.39, 0.29) is 6.09 Å². The van der Waals surface area contributed by atoms with Crippen LogP contribution in [0.5, 0.6) is 0 Å². The standard InChI is InChI=1S/C18H34N2O2/c1-16(2,3)22-15(21)20-11-7-10-19-14-17(4,5)13-8-9-18(14,6)12-13/h13-14,19H,7-12H2,1-6H3,(H,20,21)/t13-,14?,18+/m0/s1. The summed E-state index contributed by atoms with van der Waals surface area (Å²) in [4.78, 5) is 11.6. The summed E-state index contributed by atoms with van der Waals surface area (Å²) in [6, 6.07) is 0.597. The molecule has 0 aromatic carbocycles. The third kappa shape index (κ3) is 3.76. The number of hydrogen-bond donors (Lipinski definition) is 2. The maximum atomic E-state index is 11.6. The fourth-order valence-electron chi connectivity index (χ4n) is 4.65. The predicted molar refractivity (Wildman–Crippen MR) is 89.9 cm³/mol. The summed E-state index contributed by atoms with van der Waals surface area (Å²) in [5.41, 5.74) is 0.433. The van der Waals surface area contributed by atoms with Crippen LogP contribution in [-0.4, -0.2) is 30.8 Å². The van der Waals surface area contributed by atoms with Crippen molar-refractivity contribution in [2.75, 3.05) is 13.1 Å². The van der Waals surface area contributed by atoms with Gasteiger partial charge in [0.2, 0.25) is 0 Å². The van der Waals surface area contributed by atoms with Gasteiger partial charge in [-0.1, -0.05) is 20.8 Å². The van der Waals surface area contributed by atoms with E-state index >= 15 is 0 Å². The van der Waals surface area contributed by atoms with Crippen molar-refractivity contribution in [3.05, 3.63) is 0 Å². The Hall–Kier alpha value is -0.770. The molecule has 0 aromatic heterocycles. The topological polar surface area (TPSA) is 50.4 Å². The smallest absolute Gasteiger partial charge is 0.407 e. The molecule has 2 aliphatic carbocycles. The fourth-order valence-corrected chi connectivity index (χ4v) is 4.65. The molecule has 0 spiro atoms. The van der Waals surface area contributed by atoms with Crippen molar-refractivity contribution in [3.8, 4) is 0 Å². The summed E-state index contributed by atoms with van der Waals surface area (Å²) < 4.78 is 5.24. The monoisotopic (exact) mass is 310 g/mol. The molecule has 4 nitrogen and oxygen atoms in total. The Morgan fingerprint density at radius 3 is 2.45 bits per heavy atom. The molecule has 4 heteroatoms. The molecule has 0 radical (unpaired) electrons. The molecule has 2 rings (SSSR count). The number of fused-ring (bicyclic) bond motifs is 2. The van der Waals surface area contributed by atoms with Gasteiger partial charge < -0.3 is 15.4 Å². The number of hydrogen-bond acceptors (Lipinski definition) is 3. The highest BCUT2D eigenvalue weighted by Crippen LogP contribution is 2.62. The molecule has 0 saturated heterocycles. The molecule has 2 N–H and O–H groups in total. The lowest BCUT2D eigenvalue weighted by atomic mass is 9.68. The summed E-state index contributed by atoms with van der Waals surface area (Å²) in [6.45, 7) is 14.5. The van der Waals surface area contributed by atoms with E-state index in [1.54, 1.807) is 0 Å². The van der Waals surface area contributed by atoms with E-state index in [9.17, 15) is 4.79 Å². The molecule has 1 unspecified atom stereocenters. The minimum absolute atomic E-state index is 0.320. The van der Waals surface area contributed by atoms with Crippen LogP contribution in [0.4, 0.5) is 4.79 Å². The molecule has 0 heterocycles. The van der Waals surface area contributed by atoms with Crippen molar-refractivity contribution in [3.63, 3.8) is 0 Å². The zero-order chi connectivity index (χ0) is 16.6. The molecule has 128 valence electrons. The first kappa shape index (κ1) is 17.6. The minimum atomic E-state index is -0.427. The van der Waals surface area contributed by atoms with Gasteiger partial charge in [0, 0.05) is 12.6 Å². The summed E-state index contributed by atoms with van der Waals surface area (Å²) in [6.07, 6.45) is 4.73. The third-order valence-electron chi connectivity index (χ3n) is 5.64. The van der Waals surface area contributed by atoms with Crippen LogP contribution in [0.2, 0.25) is 0 Å². The Balaban J connectivity index is 1.68. The van der Waals surface area contributed by atoms with Gasteiger partial charge in [-0.15, -0.1) is 0 Å². The van der Waals surface area contributed by atoms with Gasteiger partial charge in [-0.05, 0) is 69.7 Å². The SMILES string of the molecule is CC(C)(C)OC(=O)NCCCNC1C(C)(C)[C@H]2CC[C@]1(C)C2. The fraction of sp³-hybridized carbons (Fsp3) is 0.944. The zero-order valence-corrected chi connectivity index (χ0v) is 15.2. The molecule has 0 aromatic rings. The van der Waals surface area contributed by atoms with Crippen LogP contribution in [0.25, 0.3) is 0 Å². The van der Waals surface area contributed by atoms with Crippen LogP contribution in [0.15, 0.2) is 0 Å². The van der Waals surface area contributed by atoms with E-state index < -0.39 is 5.60 Å². The van der Waals surface area contributed by atoms with Gasteiger partial charge in [0.15, 0.2) is 0 Å². The van der Waals surface area contributed by atoms with E-state index in [4.69, 9.17) is 4.74 Å². The number of rotatable bonds is 5. The van der Waals surface area contributed by atoms with Gasteiger partial charge >= 0.3 is 6.09 Å². The molecular weight excluding hydrogens is 276 g/mol. The van der Waals surface area contributed by atoms with Crippen LogP contribution in [0, 0.1) is 16.7 Å². The van der Waals surface area contributed by atoms with Crippen molar-refractivity contribution >= 4 is 6.09 Å². The van der Waals surface area contributed by atoms with Crippen LogP contribution in [-0.2, 0) is 4.74 Å². The number of carbonyl (C=O) groups excluding carboxylic acids is 1. The van der Waals surface area contributed by atoms with Crippen molar-refractivity contribution < 1.29 is 9.53 Å². The number of alkyl carbamates (subject to hydrolysis) is 1. The Labute approximate surface area is 135 Å². The van der Waals surface area contributed by atoms with E-state index in [1.165, 1.54) is 19.3 Å². The second-order valence-electron chi connectivity index (χ2n) is 9.08. The lowest BCUT2D eigenvalue weighted by Gasteiger charge is -2.43. The lowest BCUT2D eigenvalue weighted by Crippen LogP contribution is -2.50. The average Bonchev–Trinajstić information content (AvgIpc) is 2.81. The minimum Gasteiger partial charge on any atom is -0.444 e. The van der Waals surface area contributed by atoms with Crippen molar-refractivity contribution in [2.24, 2.45) is 16.7 Å². The highest BCUT2D eigenvalue weighted by atomic mass is 16.6. The number of nitrogens with one attached hydrogen (secondary N) is 2. The van der Waals surface area contributed by atoms with Gasteiger partial charge in [0.1, 0.15) is 5.60 Å². The molecule has 2 aliphatic rings. The second kappa shape index (κ2) is 6.03. The molecule has 3 atom stereocenters. The van der Waals surface area contributed by atoms with Crippen LogP contribution < -0.4 is 10.6 Å². The van der Waals surface area contributed by atoms with E-state index in [0.717, 1.165) is 18.9 Å². The molecule has 2 bridgehead atoms. The van der Waals surface area contributed by atoms with Gasteiger partial charge in [-0.3, -0.25) is 0 Å². The maximum Gasteiger partial charge on any atom is 0.407 e. The van der Waals surface area contributed by atoms with Crippen molar-refractivity contribution in [1.29, 1.82) is 0 Å². The summed E-state index contributed by atoms with van der Waals surface area (Å²) in [7, 11) is 0. The Morgan fingerprint density at radius 2 is 1.91 bits per heavy atom. The zero-order valence-electron chi connectivity index (χ0n) is 15.2. The van der Waals surface area contributed by atoms with E-state index in [0.29, 0.717) is 23.4 Å². The second-order valence-corrected chi connectivity index (χ2v) is 9.08. The van der Waals surface area contributed by atoms with Crippen LogP contribution in [0.3, 0.4) is 0 Å². The maximum absolute atomic E-state index is 11.6. The number of amides is 1. The molecular formula is C18H34N2O2. The van der Waals surface area contributed by atoms with Gasteiger partial charge in [0.25, 0.3) is 0 Å². The Morgan fingerprint density at radius 1 is 1.23 bits per heavy atom. The Kier molecular flexibility index (Phi) is 4.82. The predicted octanol–water partition coefficient (Wildman–Crippen LogP) is 3.71. The highest BCUT2D eigenvalue weighted by molar-refractivity contribution is 5.67. The average molecular weight is 310 g/mol. The van der Waals surface area contributed by atoms with Gasteiger partial charge in [0.05, 0.1) is 0 Å². The van der Waals surface area contributed by atoms with Crippen molar-refractivity contribution in [2.45, 2.75) is 78.9 Å². The molecule has 22 heavy (non-hydrogen) atoms. The molecule has 0 aliphatic heterocycles. The normalized spacial score (nSPS) is 33.0. The molecule has 2 saturated carbocycles. The van der Waals surface area contributed by atoms with E-state index in [2.05, 4.69) is 31.4 Å². The quantitative estimate of drug-likeness (QED) is 0.761. The lowest BCUT2D eigenvalue weighted by molar-refractivity contribution is 0.0526. The first-order chi connectivity index (χ1) is 10.0. The summed E-state index contributed by atoms with van der Waals surface area (Å²) in [5.74, 6) is 0.870. The van der Waals surface area contributed by atoms with Gasteiger partial charge in [-0.2, -0.15) is 0 Å². The first-order valence-electron chi connectivity index (χ1n) is 8.75. The Bertz CT molecular complexity index is 409. The highest BCUT2D eigenvalue weighted by Gasteiger charge is 2.58. The van der Waals surface area contributed by atoms with Crippen molar-refractivity contribution in [1.82, 2.24) is 10.6 Å². The summed E-state index contributed by atoms with van der Waals surface area (Å²) in [5, 5.41) is 6.60. The number of ether oxygens (including phenoxy) is 1. The summed E-state index contributed by atoms with van der Waals surface area (Å²) >= 11 is 0. The number of carbonyl (C=O) groups is 1. The molecule has 1 amide bonds. The van der Waals surface area contributed by atoms with Crippen LogP contribution in [0.1, 0.15) is 67.2 Å². The van der Waals surface area contributed by atoms with Crippen LogP contribution >= 0.6 is 0 Å². The third-order valence-corrected chi connectivity index (χ3v) is 5.64. The van der Waals surface area contributed by atoms with Gasteiger partial charge in [-0.25, -0.2) is 4.79 Å². The molecule has 2 fully saturated rings. The first-order valence-corrected chi connectivity index (χ1v) is 8.75. The largest absolute Gasteiger partial charge is 0.444 e. The van der Waals surface area contributed by atoms with E-state index in [1.807, 2.05) is 20.8 Å².